The lowest BCUT2D eigenvalue weighted by atomic mass is 10.2. The molecule has 0 heterocycles. The van der Waals surface area contributed by atoms with Crippen LogP contribution in [0.3, 0.4) is 0 Å². The molecule has 3 aromatic rings. The van der Waals surface area contributed by atoms with Crippen LogP contribution in [0.25, 0.3) is 0 Å². The van der Waals surface area contributed by atoms with Crippen molar-refractivity contribution in [3.05, 3.63) is 90.5 Å². The monoisotopic (exact) mass is 375 g/mol. The molecule has 3 amide bonds. The van der Waals surface area contributed by atoms with Gasteiger partial charge in [0.05, 0.1) is 0 Å². The van der Waals surface area contributed by atoms with E-state index in [2.05, 4.69) is 16.0 Å². The van der Waals surface area contributed by atoms with E-state index in [0.29, 0.717) is 23.7 Å². The van der Waals surface area contributed by atoms with Crippen LogP contribution in [0.4, 0.5) is 16.2 Å². The summed E-state index contributed by atoms with van der Waals surface area (Å²) in [7, 11) is 0. The minimum atomic E-state index is -0.317. The fourth-order valence-corrected chi connectivity index (χ4v) is 2.48. The average molecular weight is 375 g/mol. The van der Waals surface area contributed by atoms with Crippen molar-refractivity contribution in [3.63, 3.8) is 0 Å². The van der Waals surface area contributed by atoms with Crippen LogP contribution >= 0.6 is 0 Å². The van der Waals surface area contributed by atoms with Gasteiger partial charge in [-0.25, -0.2) is 4.79 Å². The first-order valence-corrected chi connectivity index (χ1v) is 8.85. The van der Waals surface area contributed by atoms with Crippen molar-refractivity contribution >= 4 is 23.3 Å². The van der Waals surface area contributed by atoms with Crippen LogP contribution in [0.15, 0.2) is 84.9 Å². The molecule has 0 aromatic heterocycles. The lowest BCUT2D eigenvalue weighted by Crippen LogP contribution is -2.28. The summed E-state index contributed by atoms with van der Waals surface area (Å²) in [6.45, 7) is 0.307. The molecule has 0 fully saturated rings. The molecule has 0 aliphatic heterocycles. The minimum Gasteiger partial charge on any atom is -0.484 e. The SMILES string of the molecule is O=C(COc1cccc(NC(=O)NCc2ccccc2)c1)Nc1ccccc1. The number of para-hydroxylation sites is 1. The molecular formula is C22H21N3O3. The summed E-state index contributed by atoms with van der Waals surface area (Å²) in [5, 5.41) is 8.29. The molecule has 0 aliphatic carbocycles. The lowest BCUT2D eigenvalue weighted by Gasteiger charge is -2.10. The zero-order valence-electron chi connectivity index (χ0n) is 15.2. The van der Waals surface area contributed by atoms with E-state index in [4.69, 9.17) is 4.74 Å². The van der Waals surface area contributed by atoms with Gasteiger partial charge in [-0.3, -0.25) is 4.79 Å². The van der Waals surface area contributed by atoms with Gasteiger partial charge in [0.25, 0.3) is 5.91 Å². The average Bonchev–Trinajstić information content (AvgIpc) is 2.73. The highest BCUT2D eigenvalue weighted by Gasteiger charge is 2.06. The minimum absolute atomic E-state index is 0.126. The maximum Gasteiger partial charge on any atom is 0.319 e. The summed E-state index contributed by atoms with van der Waals surface area (Å²) in [5.74, 6) is 0.231. The van der Waals surface area contributed by atoms with Crippen molar-refractivity contribution < 1.29 is 14.3 Å². The highest BCUT2D eigenvalue weighted by Crippen LogP contribution is 2.17. The summed E-state index contributed by atoms with van der Waals surface area (Å²) < 4.78 is 5.51. The molecule has 3 rings (SSSR count). The highest BCUT2D eigenvalue weighted by atomic mass is 16.5. The van der Waals surface area contributed by atoms with E-state index in [0.717, 1.165) is 5.56 Å². The van der Waals surface area contributed by atoms with Crippen molar-refractivity contribution in [2.75, 3.05) is 17.2 Å². The first-order valence-electron chi connectivity index (χ1n) is 8.85. The molecule has 0 saturated heterocycles. The summed E-state index contributed by atoms with van der Waals surface area (Å²) in [4.78, 5) is 24.0. The van der Waals surface area contributed by atoms with E-state index in [-0.39, 0.29) is 18.5 Å². The summed E-state index contributed by atoms with van der Waals surface area (Å²) in [5.41, 5.74) is 2.30. The van der Waals surface area contributed by atoms with E-state index in [1.54, 1.807) is 36.4 Å². The van der Waals surface area contributed by atoms with Crippen molar-refractivity contribution in [3.8, 4) is 5.75 Å². The Morgan fingerprint density at radius 1 is 0.750 bits per heavy atom. The van der Waals surface area contributed by atoms with Gasteiger partial charge in [0.1, 0.15) is 5.75 Å². The zero-order valence-corrected chi connectivity index (χ0v) is 15.2. The van der Waals surface area contributed by atoms with Gasteiger partial charge in [-0.1, -0.05) is 54.6 Å². The van der Waals surface area contributed by atoms with Gasteiger partial charge in [0.15, 0.2) is 6.61 Å². The van der Waals surface area contributed by atoms with Crippen LogP contribution in [-0.4, -0.2) is 18.5 Å². The molecule has 3 aromatic carbocycles. The van der Waals surface area contributed by atoms with Gasteiger partial charge in [-0.2, -0.15) is 0 Å². The van der Waals surface area contributed by atoms with E-state index in [1.165, 1.54) is 0 Å². The highest BCUT2D eigenvalue weighted by molar-refractivity contribution is 5.92. The quantitative estimate of drug-likeness (QED) is 0.583. The first kappa shape index (κ1) is 19.0. The second kappa shape index (κ2) is 9.78. The van der Waals surface area contributed by atoms with E-state index in [1.807, 2.05) is 48.5 Å². The van der Waals surface area contributed by atoms with Crippen molar-refractivity contribution in [2.24, 2.45) is 0 Å². The smallest absolute Gasteiger partial charge is 0.319 e. The Morgan fingerprint density at radius 2 is 1.43 bits per heavy atom. The number of rotatable bonds is 7. The predicted octanol–water partition coefficient (Wildman–Crippen LogP) is 4.03. The number of carbonyl (C=O) groups is 2. The molecule has 142 valence electrons. The molecule has 0 saturated carbocycles. The van der Waals surface area contributed by atoms with E-state index in [9.17, 15) is 9.59 Å². The van der Waals surface area contributed by atoms with E-state index >= 15 is 0 Å². The lowest BCUT2D eigenvalue weighted by molar-refractivity contribution is -0.118. The molecule has 6 heteroatoms. The van der Waals surface area contributed by atoms with Crippen LogP contribution in [0.2, 0.25) is 0 Å². The van der Waals surface area contributed by atoms with Crippen LogP contribution in [0, 0.1) is 0 Å². The van der Waals surface area contributed by atoms with Gasteiger partial charge in [-0.15, -0.1) is 0 Å². The summed E-state index contributed by atoms with van der Waals surface area (Å²) >= 11 is 0. The second-order valence-corrected chi connectivity index (χ2v) is 6.02. The van der Waals surface area contributed by atoms with Gasteiger partial charge < -0.3 is 20.7 Å². The molecule has 28 heavy (non-hydrogen) atoms. The Labute approximate surface area is 163 Å². The van der Waals surface area contributed by atoms with Crippen molar-refractivity contribution in [2.45, 2.75) is 6.54 Å². The number of benzene rings is 3. The predicted molar refractivity (Wildman–Crippen MR) is 109 cm³/mol. The fourth-order valence-electron chi connectivity index (χ4n) is 2.48. The maximum absolute atomic E-state index is 12.0. The largest absolute Gasteiger partial charge is 0.484 e. The van der Waals surface area contributed by atoms with Crippen molar-refractivity contribution in [1.82, 2.24) is 5.32 Å². The van der Waals surface area contributed by atoms with Gasteiger partial charge in [0, 0.05) is 24.0 Å². The first-order chi connectivity index (χ1) is 13.7. The summed E-state index contributed by atoms with van der Waals surface area (Å²) in [6.07, 6.45) is 0. The molecule has 0 unspecified atom stereocenters. The third-order valence-electron chi connectivity index (χ3n) is 3.82. The van der Waals surface area contributed by atoms with Gasteiger partial charge in [0.2, 0.25) is 0 Å². The zero-order chi connectivity index (χ0) is 19.6. The van der Waals surface area contributed by atoms with Crippen LogP contribution in [0.1, 0.15) is 5.56 Å². The third-order valence-corrected chi connectivity index (χ3v) is 3.82. The molecule has 0 bridgehead atoms. The number of carbonyl (C=O) groups excluding carboxylic acids is 2. The van der Waals surface area contributed by atoms with E-state index < -0.39 is 0 Å². The molecule has 0 spiro atoms. The normalized spacial score (nSPS) is 10.0. The standard InChI is InChI=1S/C22H21N3O3/c26-21(24-18-10-5-2-6-11-18)16-28-20-13-7-12-19(14-20)25-22(27)23-15-17-8-3-1-4-9-17/h1-14H,15-16H2,(H,24,26)(H2,23,25,27). The molecule has 0 radical (unpaired) electrons. The third kappa shape index (κ3) is 6.17. The Hall–Kier alpha value is -3.80. The second-order valence-electron chi connectivity index (χ2n) is 6.02. The summed E-state index contributed by atoms with van der Waals surface area (Å²) in [6, 6.07) is 25.4. The van der Waals surface area contributed by atoms with Crippen LogP contribution in [-0.2, 0) is 11.3 Å². The number of urea groups is 1. The topological polar surface area (TPSA) is 79.5 Å². The number of ether oxygens (including phenoxy) is 1. The number of anilines is 2. The molecule has 0 atom stereocenters. The van der Waals surface area contributed by atoms with Crippen LogP contribution in [0.5, 0.6) is 5.75 Å². The molecular weight excluding hydrogens is 354 g/mol. The van der Waals surface area contributed by atoms with Gasteiger partial charge in [-0.05, 0) is 29.8 Å². The molecule has 3 N–H and O–H groups in total. The van der Waals surface area contributed by atoms with Crippen molar-refractivity contribution in [1.29, 1.82) is 0 Å². The molecule has 0 aliphatic rings. The number of hydrogen-bond acceptors (Lipinski definition) is 3. The maximum atomic E-state index is 12.0. The fraction of sp³-hybridized carbons (Fsp3) is 0.0909. The molecule has 6 nitrogen and oxygen atoms in total. The Morgan fingerprint density at radius 3 is 2.18 bits per heavy atom. The number of hydrogen-bond donors (Lipinski definition) is 3. The van der Waals surface area contributed by atoms with Crippen LogP contribution < -0.4 is 20.7 Å². The Bertz CT molecular complexity index is 915. The number of nitrogens with one attached hydrogen (secondary N) is 3. The Balaban J connectivity index is 1.46. The number of amides is 3. The van der Waals surface area contributed by atoms with Gasteiger partial charge >= 0.3 is 6.03 Å². The Kier molecular flexibility index (Phi) is 6.62.